The van der Waals surface area contributed by atoms with E-state index >= 15 is 0 Å². The topological polar surface area (TPSA) is 59.5 Å². The van der Waals surface area contributed by atoms with Crippen molar-refractivity contribution in [1.82, 2.24) is 14.9 Å². The first-order valence-corrected chi connectivity index (χ1v) is 17.7. The average Bonchev–Trinajstić information content (AvgIpc) is 4.00. The number of aliphatic imine (C=N–C) groups is 2. The van der Waals surface area contributed by atoms with Crippen LogP contribution in [0.4, 0.5) is 0 Å². The molecule has 0 saturated carbocycles. The molecule has 0 fully saturated rings. The second-order valence-electron chi connectivity index (χ2n) is 13.1. The molecular weight excluding hydrogens is 669 g/mol. The van der Waals surface area contributed by atoms with Gasteiger partial charge < -0.3 is 14.9 Å². The van der Waals surface area contributed by atoms with E-state index in [0.717, 1.165) is 78.2 Å². The fourth-order valence-electron chi connectivity index (χ4n) is 7.36. The number of aromatic amines is 2. The summed E-state index contributed by atoms with van der Waals surface area (Å²) in [6, 6.07) is 39.4. The Bertz CT molecular complexity index is 2530. The third-order valence-electron chi connectivity index (χ3n) is 9.88. The van der Waals surface area contributed by atoms with Gasteiger partial charge in [-0.3, -0.25) is 4.99 Å². The SMILES string of the molecule is CN1C=CC(C2(Cl)c3ccc([nH]3)C(c3ccccc3)=C3C=CC(=N3)C(c3ccccc3)=c3ccc([nH]3)=C(c3ccccc3)C3=NC2(Cl)C=C3)=CC1. The molecule has 6 heterocycles. The maximum atomic E-state index is 7.98. The lowest BCUT2D eigenvalue weighted by atomic mass is 9.85. The van der Waals surface area contributed by atoms with Gasteiger partial charge in [-0.2, -0.15) is 0 Å². The number of fused-ring (bicyclic) bond motifs is 6. The number of hydrogen-bond acceptors (Lipinski definition) is 3. The molecule has 2 N–H and O–H groups in total. The van der Waals surface area contributed by atoms with Crippen LogP contribution in [0, 0.1) is 0 Å². The third-order valence-corrected chi connectivity index (χ3v) is 11.2. The molecule has 5 aromatic rings. The number of nitrogens with zero attached hydrogens (tertiary/aromatic N) is 3. The number of halogens is 2. The number of hydrogen-bond donors (Lipinski definition) is 2. The largest absolute Gasteiger partial charge is 0.377 e. The van der Waals surface area contributed by atoms with Gasteiger partial charge >= 0.3 is 0 Å². The molecule has 4 aliphatic heterocycles. The number of likely N-dealkylation sites (N-methyl/N-ethyl adjacent to an activating group) is 1. The van der Waals surface area contributed by atoms with Gasteiger partial charge in [0, 0.05) is 52.4 Å². The van der Waals surface area contributed by atoms with Crippen LogP contribution in [-0.2, 0) is 4.87 Å². The fourth-order valence-corrected chi connectivity index (χ4v) is 8.08. The summed E-state index contributed by atoms with van der Waals surface area (Å²) in [5.74, 6) is 0. The summed E-state index contributed by atoms with van der Waals surface area (Å²) in [5.41, 5.74) is 10.9. The van der Waals surface area contributed by atoms with Crippen LogP contribution in [0.1, 0.15) is 28.1 Å². The first-order valence-electron chi connectivity index (χ1n) is 17.0. The summed E-state index contributed by atoms with van der Waals surface area (Å²) in [6.45, 7) is 0.690. The van der Waals surface area contributed by atoms with E-state index < -0.39 is 9.87 Å². The van der Waals surface area contributed by atoms with Gasteiger partial charge in [-0.1, -0.05) is 109 Å². The highest BCUT2D eigenvalue weighted by atomic mass is 35.5. The van der Waals surface area contributed by atoms with Crippen LogP contribution < -0.4 is 10.7 Å². The van der Waals surface area contributed by atoms with Crippen molar-refractivity contribution in [2.75, 3.05) is 13.6 Å². The van der Waals surface area contributed by atoms with Gasteiger partial charge in [0.25, 0.3) is 0 Å². The first-order chi connectivity index (χ1) is 24.9. The maximum Gasteiger partial charge on any atom is 0.181 e. The molecule has 9 rings (SSSR count). The zero-order valence-electron chi connectivity index (χ0n) is 27.8. The standard InChI is InChI=1S/C44H33Cl2N5/c1-51-27-24-32(25-28-51)44(46)39-22-21-37(49-39)41(30-13-7-3-8-14-30)35-18-17-33(47-35)40(29-11-5-2-6-12-29)34-19-20-36(48-34)42(31-15-9-4-10-16-31)38-23-26-43(44,45)50-38/h2-27,48-49H,28H2,1H3. The zero-order valence-corrected chi connectivity index (χ0v) is 29.3. The third kappa shape index (κ3) is 5.24. The van der Waals surface area contributed by atoms with E-state index in [-0.39, 0.29) is 0 Å². The Morgan fingerprint density at radius 1 is 0.627 bits per heavy atom. The zero-order chi connectivity index (χ0) is 34.6. The monoisotopic (exact) mass is 701 g/mol. The lowest BCUT2D eigenvalue weighted by molar-refractivity contribution is 0.487. The highest BCUT2D eigenvalue weighted by Crippen LogP contribution is 2.54. The molecule has 0 aliphatic carbocycles. The highest BCUT2D eigenvalue weighted by Gasteiger charge is 2.54. The number of rotatable bonds is 4. The molecule has 4 aliphatic rings. The quantitative estimate of drug-likeness (QED) is 0.145. The summed E-state index contributed by atoms with van der Waals surface area (Å²) in [4.78, 5) is 17.6. The van der Waals surface area contributed by atoms with Gasteiger partial charge in [-0.05, 0) is 83.1 Å². The number of aromatic nitrogens is 2. The van der Waals surface area contributed by atoms with E-state index in [4.69, 9.17) is 33.2 Å². The number of nitrogens with one attached hydrogen (secondary N) is 2. The predicted molar refractivity (Wildman–Crippen MR) is 210 cm³/mol. The summed E-state index contributed by atoms with van der Waals surface area (Å²) in [6.07, 6.45) is 14.3. The molecule has 8 bridgehead atoms. The molecule has 0 radical (unpaired) electrons. The van der Waals surface area contributed by atoms with Crippen molar-refractivity contribution in [2.24, 2.45) is 9.98 Å². The van der Waals surface area contributed by atoms with Crippen LogP contribution in [0.2, 0.25) is 0 Å². The van der Waals surface area contributed by atoms with E-state index in [1.165, 1.54) is 0 Å². The van der Waals surface area contributed by atoms with Crippen molar-refractivity contribution in [3.05, 3.63) is 208 Å². The summed E-state index contributed by atoms with van der Waals surface area (Å²) in [7, 11) is 2.03. The lowest BCUT2D eigenvalue weighted by Gasteiger charge is -2.38. The minimum atomic E-state index is -1.37. The Labute approximate surface area is 306 Å². The summed E-state index contributed by atoms with van der Waals surface area (Å²) in [5, 5.41) is 1.85. The molecule has 7 heteroatoms. The van der Waals surface area contributed by atoms with Gasteiger partial charge in [0.2, 0.25) is 0 Å². The smallest absolute Gasteiger partial charge is 0.181 e. The first kappa shape index (κ1) is 31.4. The van der Waals surface area contributed by atoms with Crippen molar-refractivity contribution < 1.29 is 0 Å². The number of alkyl halides is 2. The van der Waals surface area contributed by atoms with E-state index in [1.54, 1.807) is 0 Å². The normalized spacial score (nSPS) is 22.4. The highest BCUT2D eigenvalue weighted by molar-refractivity contribution is 6.41. The van der Waals surface area contributed by atoms with E-state index in [0.29, 0.717) is 6.54 Å². The van der Waals surface area contributed by atoms with Crippen LogP contribution in [0.15, 0.2) is 179 Å². The molecule has 0 spiro atoms. The maximum absolute atomic E-state index is 7.98. The van der Waals surface area contributed by atoms with Crippen molar-refractivity contribution in [2.45, 2.75) is 9.87 Å². The van der Waals surface area contributed by atoms with Crippen molar-refractivity contribution in [3.8, 4) is 0 Å². The Morgan fingerprint density at radius 3 is 1.84 bits per heavy atom. The number of H-pyrrole nitrogens is 2. The summed E-state index contributed by atoms with van der Waals surface area (Å²) < 4.78 is 0. The number of allylic oxidation sites excluding steroid dienone is 4. The fraction of sp³-hybridized carbons (Fsp3) is 0.0909. The van der Waals surface area contributed by atoms with Crippen LogP contribution in [0.25, 0.3) is 16.7 Å². The minimum Gasteiger partial charge on any atom is -0.377 e. The van der Waals surface area contributed by atoms with Crippen LogP contribution in [0.5, 0.6) is 0 Å². The molecule has 5 nitrogen and oxygen atoms in total. The molecule has 3 aromatic carbocycles. The molecule has 2 atom stereocenters. The van der Waals surface area contributed by atoms with E-state index in [1.807, 2.05) is 80.0 Å². The molecule has 2 aromatic heterocycles. The van der Waals surface area contributed by atoms with Gasteiger partial charge in [-0.25, -0.2) is 4.99 Å². The van der Waals surface area contributed by atoms with Crippen LogP contribution in [0.3, 0.4) is 0 Å². The Kier molecular flexibility index (Phi) is 7.57. The van der Waals surface area contributed by atoms with Gasteiger partial charge in [0.15, 0.2) is 9.87 Å². The van der Waals surface area contributed by atoms with Gasteiger partial charge in [0.1, 0.15) is 0 Å². The summed E-state index contributed by atoms with van der Waals surface area (Å²) >= 11 is 15.7. The Morgan fingerprint density at radius 2 is 1.24 bits per heavy atom. The molecule has 0 saturated heterocycles. The molecule has 51 heavy (non-hydrogen) atoms. The van der Waals surface area contributed by atoms with Crippen LogP contribution >= 0.6 is 23.2 Å². The van der Waals surface area contributed by atoms with Crippen LogP contribution in [-0.4, -0.2) is 44.9 Å². The van der Waals surface area contributed by atoms with E-state index in [9.17, 15) is 0 Å². The molecule has 2 unspecified atom stereocenters. The van der Waals surface area contributed by atoms with Crippen molar-refractivity contribution in [3.63, 3.8) is 0 Å². The molecule has 248 valence electrons. The lowest BCUT2D eigenvalue weighted by Crippen LogP contribution is -2.42. The van der Waals surface area contributed by atoms with Crippen molar-refractivity contribution in [1.29, 1.82) is 0 Å². The molecule has 0 amide bonds. The second-order valence-corrected chi connectivity index (χ2v) is 14.2. The Hall–Kier alpha value is -5.62. The molecular formula is C44H33Cl2N5. The second kappa shape index (κ2) is 12.3. The predicted octanol–water partition coefficient (Wildman–Crippen LogP) is 7.99. The average molecular weight is 703 g/mol. The Balaban J connectivity index is 1.41. The number of benzene rings is 3. The van der Waals surface area contributed by atoms with Gasteiger partial charge in [0.05, 0.1) is 17.1 Å². The van der Waals surface area contributed by atoms with Crippen molar-refractivity contribution >= 4 is 51.3 Å². The van der Waals surface area contributed by atoms with Gasteiger partial charge in [-0.15, -0.1) is 11.6 Å². The minimum absolute atomic E-state index is 0.690. The van der Waals surface area contributed by atoms with E-state index in [2.05, 4.69) is 99.8 Å².